The molecule has 2 aromatic rings. The van der Waals surface area contributed by atoms with Gasteiger partial charge in [0.25, 0.3) is 5.91 Å². The van der Waals surface area contributed by atoms with E-state index in [2.05, 4.69) is 4.90 Å². The van der Waals surface area contributed by atoms with Gasteiger partial charge in [-0.25, -0.2) is 0 Å². The average Bonchev–Trinajstić information content (AvgIpc) is 2.63. The zero-order chi connectivity index (χ0) is 16.9. The Bertz CT molecular complexity index is 702. The molecule has 24 heavy (non-hydrogen) atoms. The third kappa shape index (κ3) is 3.89. The molecule has 4 nitrogen and oxygen atoms in total. The van der Waals surface area contributed by atoms with Crippen LogP contribution in [0.4, 0.5) is 0 Å². The molecule has 0 aliphatic carbocycles. The van der Waals surface area contributed by atoms with Crippen LogP contribution < -0.4 is 0 Å². The first-order valence-corrected chi connectivity index (χ1v) is 8.30. The summed E-state index contributed by atoms with van der Waals surface area (Å²) >= 11 is 0. The number of carbonyl (C=O) groups excluding carboxylic acids is 2. The van der Waals surface area contributed by atoms with Crippen molar-refractivity contribution < 1.29 is 9.59 Å². The molecule has 0 radical (unpaired) electrons. The zero-order valence-corrected chi connectivity index (χ0v) is 13.9. The predicted octanol–water partition coefficient (Wildman–Crippen LogP) is 2.64. The maximum Gasteiger partial charge on any atom is 0.253 e. The number of rotatable bonds is 4. The lowest BCUT2D eigenvalue weighted by atomic mass is 10.1. The van der Waals surface area contributed by atoms with Gasteiger partial charge in [-0.05, 0) is 19.1 Å². The van der Waals surface area contributed by atoms with Crippen molar-refractivity contribution >= 4 is 11.7 Å². The van der Waals surface area contributed by atoms with Gasteiger partial charge in [-0.15, -0.1) is 0 Å². The van der Waals surface area contributed by atoms with Crippen molar-refractivity contribution in [3.05, 3.63) is 71.3 Å². The highest BCUT2D eigenvalue weighted by atomic mass is 16.2. The van der Waals surface area contributed by atoms with Crippen LogP contribution in [0, 0.1) is 6.92 Å². The number of hydrogen-bond acceptors (Lipinski definition) is 3. The van der Waals surface area contributed by atoms with E-state index in [0.29, 0.717) is 19.6 Å². The molecule has 1 heterocycles. The lowest BCUT2D eigenvalue weighted by Gasteiger charge is -2.34. The van der Waals surface area contributed by atoms with Crippen molar-refractivity contribution in [2.45, 2.75) is 6.92 Å². The molecule has 0 N–H and O–H groups in total. The number of nitrogens with zero attached hydrogens (tertiary/aromatic N) is 2. The fraction of sp³-hybridized carbons (Fsp3) is 0.300. The van der Waals surface area contributed by atoms with Crippen LogP contribution in [0.3, 0.4) is 0 Å². The van der Waals surface area contributed by atoms with Crippen molar-refractivity contribution in [2.24, 2.45) is 0 Å². The first-order valence-electron chi connectivity index (χ1n) is 8.30. The van der Waals surface area contributed by atoms with Crippen molar-refractivity contribution in [2.75, 3.05) is 32.7 Å². The molecule has 1 aliphatic rings. The zero-order valence-electron chi connectivity index (χ0n) is 13.9. The standard InChI is InChI=1S/C20H22N2O2/c1-16-7-9-17(10-8-16)19(23)15-21-11-13-22(14-12-21)20(24)18-5-3-2-4-6-18/h2-10H,11-15H2,1H3. The van der Waals surface area contributed by atoms with E-state index in [-0.39, 0.29) is 11.7 Å². The van der Waals surface area contributed by atoms with Crippen LogP contribution in [0.15, 0.2) is 54.6 Å². The van der Waals surface area contributed by atoms with Gasteiger partial charge in [0.05, 0.1) is 6.54 Å². The van der Waals surface area contributed by atoms with Gasteiger partial charge in [0.1, 0.15) is 0 Å². The highest BCUT2D eigenvalue weighted by Gasteiger charge is 2.23. The average molecular weight is 322 g/mol. The molecular weight excluding hydrogens is 300 g/mol. The molecule has 4 heteroatoms. The molecule has 0 unspecified atom stereocenters. The molecular formula is C20H22N2O2. The van der Waals surface area contributed by atoms with E-state index in [1.807, 2.05) is 66.4 Å². The van der Waals surface area contributed by atoms with Crippen LogP contribution in [-0.4, -0.2) is 54.2 Å². The second kappa shape index (κ2) is 7.41. The maximum atomic E-state index is 12.4. The fourth-order valence-electron chi connectivity index (χ4n) is 2.91. The Balaban J connectivity index is 1.53. The van der Waals surface area contributed by atoms with Gasteiger partial charge in [-0.1, -0.05) is 48.0 Å². The smallest absolute Gasteiger partial charge is 0.253 e. The summed E-state index contributed by atoms with van der Waals surface area (Å²) in [6.07, 6.45) is 0. The topological polar surface area (TPSA) is 40.6 Å². The highest BCUT2D eigenvalue weighted by molar-refractivity contribution is 5.97. The Labute approximate surface area is 142 Å². The molecule has 0 saturated carbocycles. The number of ketones is 1. The minimum absolute atomic E-state index is 0.0695. The summed E-state index contributed by atoms with van der Waals surface area (Å²) in [5.74, 6) is 0.206. The van der Waals surface area contributed by atoms with Crippen molar-refractivity contribution in [1.82, 2.24) is 9.80 Å². The second-order valence-corrected chi connectivity index (χ2v) is 6.22. The van der Waals surface area contributed by atoms with Gasteiger partial charge in [-0.2, -0.15) is 0 Å². The van der Waals surface area contributed by atoms with E-state index in [1.54, 1.807) is 0 Å². The van der Waals surface area contributed by atoms with Gasteiger partial charge in [0.2, 0.25) is 0 Å². The van der Waals surface area contributed by atoms with Crippen LogP contribution >= 0.6 is 0 Å². The molecule has 124 valence electrons. The van der Waals surface area contributed by atoms with Crippen molar-refractivity contribution in [3.63, 3.8) is 0 Å². The fourth-order valence-corrected chi connectivity index (χ4v) is 2.91. The summed E-state index contributed by atoms with van der Waals surface area (Å²) in [6, 6.07) is 17.0. The molecule has 0 spiro atoms. The van der Waals surface area contributed by atoms with Crippen LogP contribution in [0.5, 0.6) is 0 Å². The van der Waals surface area contributed by atoms with Crippen LogP contribution in [0.1, 0.15) is 26.3 Å². The minimum atomic E-state index is 0.0695. The third-order valence-electron chi connectivity index (χ3n) is 4.42. The molecule has 1 aliphatic heterocycles. The highest BCUT2D eigenvalue weighted by Crippen LogP contribution is 2.10. The number of carbonyl (C=O) groups is 2. The molecule has 1 fully saturated rings. The SMILES string of the molecule is Cc1ccc(C(=O)CN2CCN(C(=O)c3ccccc3)CC2)cc1. The number of piperazine rings is 1. The maximum absolute atomic E-state index is 12.4. The summed E-state index contributed by atoms with van der Waals surface area (Å²) < 4.78 is 0. The molecule has 3 rings (SSSR count). The number of amides is 1. The van der Waals surface area contributed by atoms with Gasteiger partial charge >= 0.3 is 0 Å². The molecule has 1 amide bonds. The first-order chi connectivity index (χ1) is 11.6. The normalized spacial score (nSPS) is 15.3. The molecule has 0 bridgehead atoms. The van der Waals surface area contributed by atoms with Gasteiger partial charge in [0.15, 0.2) is 5.78 Å². The van der Waals surface area contributed by atoms with Crippen molar-refractivity contribution in [1.29, 1.82) is 0 Å². The predicted molar refractivity (Wildman–Crippen MR) is 94.3 cm³/mol. The summed E-state index contributed by atoms with van der Waals surface area (Å²) in [7, 11) is 0. The summed E-state index contributed by atoms with van der Waals surface area (Å²) in [5.41, 5.74) is 2.63. The Morgan fingerprint density at radius 2 is 1.46 bits per heavy atom. The van der Waals surface area contributed by atoms with E-state index in [4.69, 9.17) is 0 Å². The molecule has 1 saturated heterocycles. The Morgan fingerprint density at radius 3 is 2.08 bits per heavy atom. The summed E-state index contributed by atoms with van der Waals surface area (Å²) in [4.78, 5) is 28.7. The van der Waals surface area contributed by atoms with E-state index in [1.165, 1.54) is 0 Å². The van der Waals surface area contributed by atoms with E-state index < -0.39 is 0 Å². The quantitative estimate of drug-likeness (QED) is 0.813. The molecule has 2 aromatic carbocycles. The lowest BCUT2D eigenvalue weighted by molar-refractivity contribution is 0.0624. The number of benzene rings is 2. The monoisotopic (exact) mass is 322 g/mol. The molecule has 0 aromatic heterocycles. The van der Waals surface area contributed by atoms with Gasteiger partial charge in [0, 0.05) is 37.3 Å². The number of Topliss-reactive ketones (excluding diaryl/α,β-unsaturated/α-hetero) is 1. The second-order valence-electron chi connectivity index (χ2n) is 6.22. The summed E-state index contributed by atoms with van der Waals surface area (Å²) in [6.45, 7) is 5.21. The van der Waals surface area contributed by atoms with E-state index in [0.717, 1.165) is 29.8 Å². The number of aryl methyl sites for hydroxylation is 1. The Hall–Kier alpha value is -2.46. The molecule has 0 atom stereocenters. The van der Waals surface area contributed by atoms with E-state index in [9.17, 15) is 9.59 Å². The minimum Gasteiger partial charge on any atom is -0.336 e. The largest absolute Gasteiger partial charge is 0.336 e. The van der Waals surface area contributed by atoms with Crippen molar-refractivity contribution in [3.8, 4) is 0 Å². The van der Waals surface area contributed by atoms with Gasteiger partial charge in [-0.3, -0.25) is 14.5 Å². The van der Waals surface area contributed by atoms with E-state index >= 15 is 0 Å². The Morgan fingerprint density at radius 1 is 0.833 bits per heavy atom. The lowest BCUT2D eigenvalue weighted by Crippen LogP contribution is -2.49. The van der Waals surface area contributed by atoms with Crippen LogP contribution in [0.2, 0.25) is 0 Å². The van der Waals surface area contributed by atoms with Crippen LogP contribution in [0.25, 0.3) is 0 Å². The number of hydrogen-bond donors (Lipinski definition) is 0. The Kier molecular flexibility index (Phi) is 5.06. The summed E-state index contributed by atoms with van der Waals surface area (Å²) in [5, 5.41) is 0. The third-order valence-corrected chi connectivity index (χ3v) is 4.42. The first kappa shape index (κ1) is 16.4. The van der Waals surface area contributed by atoms with Gasteiger partial charge < -0.3 is 4.90 Å². The van der Waals surface area contributed by atoms with Crippen LogP contribution in [-0.2, 0) is 0 Å².